The van der Waals surface area contributed by atoms with E-state index in [-0.39, 0.29) is 5.91 Å². The van der Waals surface area contributed by atoms with Crippen molar-refractivity contribution in [2.45, 2.75) is 6.54 Å². The van der Waals surface area contributed by atoms with Crippen LogP contribution in [0.4, 0.5) is 23.0 Å². The molecule has 0 bridgehead atoms. The molecule has 0 saturated carbocycles. The van der Waals surface area contributed by atoms with Crippen molar-refractivity contribution in [3.8, 4) is 0 Å². The number of amides is 1. The summed E-state index contributed by atoms with van der Waals surface area (Å²) in [5.41, 5.74) is 2.77. The molecule has 32 heavy (non-hydrogen) atoms. The second kappa shape index (κ2) is 10.5. The van der Waals surface area contributed by atoms with Gasteiger partial charge in [0.2, 0.25) is 5.91 Å². The third-order valence-corrected chi connectivity index (χ3v) is 4.99. The van der Waals surface area contributed by atoms with Crippen LogP contribution in [-0.4, -0.2) is 47.2 Å². The van der Waals surface area contributed by atoms with E-state index in [1.165, 1.54) is 6.08 Å². The van der Waals surface area contributed by atoms with Crippen LogP contribution < -0.4 is 15.6 Å². The average molecular weight is 431 g/mol. The monoisotopic (exact) mass is 430 g/mol. The van der Waals surface area contributed by atoms with E-state index in [9.17, 15) is 4.79 Å². The number of nitrogens with one attached hydrogen (secondary N) is 2. The fourth-order valence-electron chi connectivity index (χ4n) is 3.47. The molecule has 1 aliphatic rings. The van der Waals surface area contributed by atoms with Crippen LogP contribution in [0.5, 0.6) is 0 Å². The van der Waals surface area contributed by atoms with Crippen LogP contribution in [0.3, 0.4) is 0 Å². The minimum atomic E-state index is -0.236. The Morgan fingerprint density at radius 1 is 1.09 bits per heavy atom. The maximum Gasteiger partial charge on any atom is 0.247 e. The molecular formula is C24H26N6O2. The number of ether oxygens (including phenoxy) is 1. The van der Waals surface area contributed by atoms with Gasteiger partial charge in [-0.2, -0.15) is 0 Å². The molecule has 0 unspecified atom stereocenters. The lowest BCUT2D eigenvalue weighted by atomic mass is 10.2. The van der Waals surface area contributed by atoms with Crippen LogP contribution in [0.2, 0.25) is 0 Å². The number of rotatable bonds is 8. The minimum Gasteiger partial charge on any atom is -0.379 e. The molecule has 0 radical (unpaired) electrons. The summed E-state index contributed by atoms with van der Waals surface area (Å²) in [7, 11) is 0. The van der Waals surface area contributed by atoms with Gasteiger partial charge in [0, 0.05) is 31.4 Å². The van der Waals surface area contributed by atoms with E-state index in [4.69, 9.17) is 4.74 Å². The number of hydrogen-bond donors (Lipinski definition) is 2. The quantitative estimate of drug-likeness (QED) is 0.529. The van der Waals surface area contributed by atoms with Crippen LogP contribution in [0.15, 0.2) is 79.6 Å². The Balaban J connectivity index is 1.51. The molecule has 0 spiro atoms. The molecule has 3 aromatic rings. The highest BCUT2D eigenvalue weighted by Crippen LogP contribution is 2.27. The highest BCUT2D eigenvalue weighted by atomic mass is 16.5. The van der Waals surface area contributed by atoms with E-state index >= 15 is 0 Å². The minimum absolute atomic E-state index is 0.236. The average Bonchev–Trinajstić information content (AvgIpc) is 2.85. The number of benzene rings is 2. The van der Waals surface area contributed by atoms with Crippen LogP contribution in [-0.2, 0) is 16.1 Å². The zero-order valence-electron chi connectivity index (χ0n) is 17.8. The van der Waals surface area contributed by atoms with Gasteiger partial charge in [-0.05, 0) is 35.9 Å². The number of para-hydroxylation sites is 1. The first kappa shape index (κ1) is 21.5. The van der Waals surface area contributed by atoms with Crippen LogP contribution in [0.1, 0.15) is 5.56 Å². The first-order valence-corrected chi connectivity index (χ1v) is 10.5. The Hall–Kier alpha value is -3.75. The normalized spacial score (nSPS) is 13.9. The lowest BCUT2D eigenvalue weighted by molar-refractivity contribution is -0.111. The Morgan fingerprint density at radius 3 is 2.69 bits per heavy atom. The number of carbonyl (C=O) groups excluding carboxylic acids is 1. The number of carbonyl (C=O) groups is 1. The van der Waals surface area contributed by atoms with Crippen LogP contribution in [0, 0.1) is 0 Å². The second-order valence-electron chi connectivity index (χ2n) is 7.22. The van der Waals surface area contributed by atoms with E-state index in [0.29, 0.717) is 25.6 Å². The number of morpholine rings is 1. The van der Waals surface area contributed by atoms with Crippen LogP contribution >= 0.6 is 0 Å². The molecule has 2 aromatic carbocycles. The smallest absolute Gasteiger partial charge is 0.247 e. The number of hydrogen-bond acceptors (Lipinski definition) is 7. The second-order valence-corrected chi connectivity index (χ2v) is 7.22. The summed E-state index contributed by atoms with van der Waals surface area (Å²) in [6.45, 7) is 6.96. The fraction of sp³-hybridized carbons (Fsp3) is 0.208. The summed E-state index contributed by atoms with van der Waals surface area (Å²) in [5, 5.41) is 10.5. The topological polar surface area (TPSA) is 82.6 Å². The molecular weight excluding hydrogens is 404 g/mol. The number of aromatic nitrogens is 2. The largest absolute Gasteiger partial charge is 0.379 e. The molecule has 1 aliphatic heterocycles. The van der Waals surface area contributed by atoms with Gasteiger partial charge in [-0.3, -0.25) is 9.80 Å². The van der Waals surface area contributed by atoms with Crippen molar-refractivity contribution in [2.24, 2.45) is 0 Å². The first-order chi connectivity index (χ1) is 15.7. The fourth-order valence-corrected chi connectivity index (χ4v) is 3.47. The summed E-state index contributed by atoms with van der Waals surface area (Å²) < 4.78 is 5.53. The van der Waals surface area contributed by atoms with Crippen molar-refractivity contribution >= 4 is 28.9 Å². The van der Waals surface area contributed by atoms with Gasteiger partial charge in [-0.15, -0.1) is 0 Å². The van der Waals surface area contributed by atoms with Gasteiger partial charge in [-0.25, -0.2) is 15.0 Å². The van der Waals surface area contributed by atoms with Crippen molar-refractivity contribution in [2.75, 3.05) is 41.9 Å². The van der Waals surface area contributed by atoms with E-state index in [1.54, 1.807) is 6.33 Å². The molecule has 1 fully saturated rings. The molecule has 1 amide bonds. The van der Waals surface area contributed by atoms with Crippen molar-refractivity contribution < 1.29 is 9.53 Å². The molecule has 1 saturated heterocycles. The van der Waals surface area contributed by atoms with Gasteiger partial charge in [0.15, 0.2) is 5.82 Å². The van der Waals surface area contributed by atoms with Crippen LogP contribution in [0.25, 0.3) is 0 Å². The molecule has 2 heterocycles. The molecule has 8 heteroatoms. The van der Waals surface area contributed by atoms with E-state index in [1.807, 2.05) is 48.5 Å². The van der Waals surface area contributed by atoms with Gasteiger partial charge in [-0.1, -0.05) is 36.9 Å². The molecule has 0 atom stereocenters. The lowest BCUT2D eigenvalue weighted by Gasteiger charge is -2.38. The maximum atomic E-state index is 11.5. The number of nitrogens with zero attached hydrogens (tertiary/aromatic N) is 4. The molecule has 0 aliphatic carbocycles. The predicted molar refractivity (Wildman–Crippen MR) is 126 cm³/mol. The Morgan fingerprint density at radius 2 is 1.91 bits per heavy atom. The SMILES string of the molecule is C=CC(=O)Nc1cccc(CNc2cc(N(c3ccccc3)N3CCOCC3)ncn2)c1. The van der Waals surface area contributed by atoms with E-state index < -0.39 is 0 Å². The number of anilines is 4. The third kappa shape index (κ3) is 5.48. The highest BCUT2D eigenvalue weighted by molar-refractivity contribution is 5.98. The van der Waals surface area contributed by atoms with Gasteiger partial charge < -0.3 is 15.4 Å². The Bertz CT molecular complexity index is 1050. The predicted octanol–water partition coefficient (Wildman–Crippen LogP) is 3.60. The summed E-state index contributed by atoms with van der Waals surface area (Å²) in [5.74, 6) is 1.26. The van der Waals surface area contributed by atoms with Crippen molar-refractivity contribution in [3.05, 3.63) is 85.2 Å². The van der Waals surface area contributed by atoms with Gasteiger partial charge >= 0.3 is 0 Å². The Kier molecular flexibility index (Phi) is 7.06. The maximum absolute atomic E-state index is 11.5. The highest BCUT2D eigenvalue weighted by Gasteiger charge is 2.22. The van der Waals surface area contributed by atoms with E-state index in [2.05, 4.69) is 49.3 Å². The number of hydrazine groups is 1. The zero-order valence-corrected chi connectivity index (χ0v) is 17.8. The molecule has 2 N–H and O–H groups in total. The third-order valence-electron chi connectivity index (χ3n) is 4.99. The summed E-state index contributed by atoms with van der Waals surface area (Å²) in [6.07, 6.45) is 2.81. The van der Waals surface area contributed by atoms with Crippen molar-refractivity contribution in [1.29, 1.82) is 0 Å². The lowest BCUT2D eigenvalue weighted by Crippen LogP contribution is -2.46. The molecule has 4 rings (SSSR count). The standard InChI is InChI=1S/C24H26N6O2/c1-2-24(31)28-20-8-6-7-19(15-20)17-25-22-16-23(27-18-26-22)30(21-9-4-3-5-10-21)29-11-13-32-14-12-29/h2-10,15-16,18H,1,11-14,17H2,(H,28,31)(H,25,26,27). The summed E-state index contributed by atoms with van der Waals surface area (Å²) in [6, 6.07) is 19.7. The Labute approximate surface area is 187 Å². The van der Waals surface area contributed by atoms with Gasteiger partial charge in [0.25, 0.3) is 0 Å². The van der Waals surface area contributed by atoms with Crippen molar-refractivity contribution in [3.63, 3.8) is 0 Å². The van der Waals surface area contributed by atoms with Gasteiger partial charge in [0.05, 0.1) is 18.9 Å². The first-order valence-electron chi connectivity index (χ1n) is 10.5. The zero-order chi connectivity index (χ0) is 22.2. The molecule has 1 aromatic heterocycles. The van der Waals surface area contributed by atoms with E-state index in [0.717, 1.165) is 35.8 Å². The van der Waals surface area contributed by atoms with Gasteiger partial charge in [0.1, 0.15) is 12.1 Å². The molecule has 164 valence electrons. The summed E-state index contributed by atoms with van der Waals surface area (Å²) >= 11 is 0. The van der Waals surface area contributed by atoms with Crippen molar-refractivity contribution in [1.82, 2.24) is 15.0 Å². The molecule has 8 nitrogen and oxygen atoms in total. The summed E-state index contributed by atoms with van der Waals surface area (Å²) in [4.78, 5) is 20.5.